The molecule has 1 aromatic heterocycles. The molecule has 2 aliphatic rings. The SMILES string of the molecule is Cc1ccc([C@@H](CNC(=O)NCC2(O)CCC2)N2CCCC2)o1. The highest BCUT2D eigenvalue weighted by Gasteiger charge is 2.34. The summed E-state index contributed by atoms with van der Waals surface area (Å²) in [5.41, 5.74) is -0.691. The number of nitrogens with zero attached hydrogens (tertiary/aromatic N) is 1. The predicted molar refractivity (Wildman–Crippen MR) is 87.2 cm³/mol. The second-order valence-electron chi connectivity index (χ2n) is 6.85. The quantitative estimate of drug-likeness (QED) is 0.748. The van der Waals surface area contributed by atoms with Gasteiger partial charge in [0.05, 0.1) is 11.6 Å². The summed E-state index contributed by atoms with van der Waals surface area (Å²) in [7, 11) is 0. The molecule has 0 radical (unpaired) electrons. The summed E-state index contributed by atoms with van der Waals surface area (Å²) in [6.45, 7) is 4.84. The third-order valence-corrected chi connectivity index (χ3v) is 4.99. The molecular formula is C17H27N3O3. The minimum absolute atomic E-state index is 0.0729. The smallest absolute Gasteiger partial charge is 0.314 e. The molecule has 0 spiro atoms. The van der Waals surface area contributed by atoms with Crippen molar-refractivity contribution in [3.63, 3.8) is 0 Å². The molecule has 2 heterocycles. The molecule has 1 saturated heterocycles. The highest BCUT2D eigenvalue weighted by Crippen LogP contribution is 2.30. The van der Waals surface area contributed by atoms with Crippen LogP contribution in [0.2, 0.25) is 0 Å². The van der Waals surface area contributed by atoms with Gasteiger partial charge in [-0.1, -0.05) is 0 Å². The molecule has 2 fully saturated rings. The summed E-state index contributed by atoms with van der Waals surface area (Å²) in [6, 6.07) is 3.81. The van der Waals surface area contributed by atoms with Crippen LogP contribution in [0.3, 0.4) is 0 Å². The number of furan rings is 1. The van der Waals surface area contributed by atoms with Gasteiger partial charge in [0.25, 0.3) is 0 Å². The van der Waals surface area contributed by atoms with Gasteiger partial charge in [-0.25, -0.2) is 4.79 Å². The highest BCUT2D eigenvalue weighted by molar-refractivity contribution is 5.74. The Hall–Kier alpha value is -1.53. The number of likely N-dealkylation sites (tertiary alicyclic amines) is 1. The van der Waals surface area contributed by atoms with E-state index in [0.717, 1.165) is 43.9 Å². The number of rotatable bonds is 6. The summed E-state index contributed by atoms with van der Waals surface area (Å²) >= 11 is 0. The molecule has 0 unspecified atom stereocenters. The molecule has 1 aliphatic heterocycles. The summed E-state index contributed by atoms with van der Waals surface area (Å²) in [6.07, 6.45) is 4.96. The molecule has 0 bridgehead atoms. The van der Waals surface area contributed by atoms with E-state index in [1.54, 1.807) is 0 Å². The lowest BCUT2D eigenvalue weighted by Gasteiger charge is -2.36. The molecule has 3 rings (SSSR count). The Morgan fingerprint density at radius 3 is 2.61 bits per heavy atom. The predicted octanol–water partition coefficient (Wildman–Crippen LogP) is 1.94. The van der Waals surface area contributed by atoms with Crippen LogP contribution in [0, 0.1) is 6.92 Å². The van der Waals surface area contributed by atoms with Gasteiger partial charge in [0.1, 0.15) is 11.5 Å². The number of carbonyl (C=O) groups excluding carboxylic acids is 1. The molecule has 1 atom stereocenters. The van der Waals surface area contributed by atoms with E-state index in [1.165, 1.54) is 12.8 Å². The Bertz CT molecular complexity index is 533. The Morgan fingerprint density at radius 1 is 1.30 bits per heavy atom. The second-order valence-corrected chi connectivity index (χ2v) is 6.85. The van der Waals surface area contributed by atoms with Crippen LogP contribution in [0.4, 0.5) is 4.79 Å². The lowest BCUT2D eigenvalue weighted by Crippen LogP contribution is -2.51. The number of amides is 2. The molecule has 128 valence electrons. The number of urea groups is 1. The number of hydrogen-bond donors (Lipinski definition) is 3. The average Bonchev–Trinajstić information content (AvgIpc) is 3.16. The normalized spacial score (nSPS) is 21.7. The zero-order valence-electron chi connectivity index (χ0n) is 13.8. The number of carbonyl (C=O) groups is 1. The maximum absolute atomic E-state index is 12.0. The van der Waals surface area contributed by atoms with Crippen LogP contribution in [0.15, 0.2) is 16.5 Å². The van der Waals surface area contributed by atoms with Gasteiger partial charge in [-0.3, -0.25) is 4.90 Å². The molecule has 6 heteroatoms. The summed E-state index contributed by atoms with van der Waals surface area (Å²) < 4.78 is 5.78. The maximum Gasteiger partial charge on any atom is 0.314 e. The van der Waals surface area contributed by atoms with E-state index in [-0.39, 0.29) is 12.1 Å². The Morgan fingerprint density at radius 2 is 2.04 bits per heavy atom. The second kappa shape index (κ2) is 6.93. The minimum atomic E-state index is -0.691. The van der Waals surface area contributed by atoms with E-state index < -0.39 is 5.60 Å². The standard InChI is InChI=1S/C17H27N3O3/c1-13-5-6-15(23-13)14(20-9-2-3-10-20)11-18-16(21)19-12-17(22)7-4-8-17/h5-6,14,22H,2-4,7-12H2,1H3,(H2,18,19,21)/t14-/m1/s1. The van der Waals surface area contributed by atoms with Crippen molar-refractivity contribution in [1.29, 1.82) is 0 Å². The first kappa shape index (κ1) is 16.3. The number of aliphatic hydroxyl groups is 1. The van der Waals surface area contributed by atoms with Crippen molar-refractivity contribution in [2.24, 2.45) is 0 Å². The van der Waals surface area contributed by atoms with Crippen molar-refractivity contribution >= 4 is 6.03 Å². The number of hydrogen-bond acceptors (Lipinski definition) is 4. The number of aryl methyl sites for hydroxylation is 1. The Labute approximate surface area is 137 Å². The van der Waals surface area contributed by atoms with Crippen LogP contribution in [0.25, 0.3) is 0 Å². The molecule has 23 heavy (non-hydrogen) atoms. The van der Waals surface area contributed by atoms with Crippen molar-refractivity contribution in [2.75, 3.05) is 26.2 Å². The topological polar surface area (TPSA) is 77.7 Å². The monoisotopic (exact) mass is 321 g/mol. The fourth-order valence-electron chi connectivity index (χ4n) is 3.35. The van der Waals surface area contributed by atoms with Crippen LogP contribution in [-0.2, 0) is 0 Å². The molecule has 0 aromatic carbocycles. The molecule has 3 N–H and O–H groups in total. The van der Waals surface area contributed by atoms with Crippen LogP contribution >= 0.6 is 0 Å². The molecule has 2 amide bonds. The van der Waals surface area contributed by atoms with Gasteiger partial charge in [0.2, 0.25) is 0 Å². The van der Waals surface area contributed by atoms with Crippen molar-refractivity contribution in [2.45, 2.75) is 50.7 Å². The summed E-state index contributed by atoms with van der Waals surface area (Å²) in [5.74, 6) is 1.79. The van der Waals surface area contributed by atoms with Gasteiger partial charge < -0.3 is 20.2 Å². The van der Waals surface area contributed by atoms with Crippen LogP contribution in [0.5, 0.6) is 0 Å². The molecule has 6 nitrogen and oxygen atoms in total. The minimum Gasteiger partial charge on any atom is -0.465 e. The van der Waals surface area contributed by atoms with Gasteiger partial charge in [-0.05, 0) is 64.3 Å². The first-order chi connectivity index (χ1) is 11.1. The molecule has 1 aromatic rings. The van der Waals surface area contributed by atoms with E-state index in [2.05, 4.69) is 15.5 Å². The van der Waals surface area contributed by atoms with E-state index in [4.69, 9.17) is 4.42 Å². The Kier molecular flexibility index (Phi) is 4.92. The lowest BCUT2D eigenvalue weighted by atomic mass is 9.80. The summed E-state index contributed by atoms with van der Waals surface area (Å²) in [5, 5.41) is 15.7. The van der Waals surface area contributed by atoms with Crippen LogP contribution in [0.1, 0.15) is 49.7 Å². The largest absolute Gasteiger partial charge is 0.465 e. The molecular weight excluding hydrogens is 294 g/mol. The maximum atomic E-state index is 12.0. The van der Waals surface area contributed by atoms with E-state index >= 15 is 0 Å². The first-order valence-electron chi connectivity index (χ1n) is 8.60. The van der Waals surface area contributed by atoms with Crippen LogP contribution in [-0.4, -0.2) is 47.8 Å². The molecule has 1 aliphatic carbocycles. The average molecular weight is 321 g/mol. The zero-order valence-corrected chi connectivity index (χ0v) is 13.8. The van der Waals surface area contributed by atoms with Gasteiger partial charge in [0, 0.05) is 13.1 Å². The fourth-order valence-corrected chi connectivity index (χ4v) is 3.35. The van der Waals surface area contributed by atoms with E-state index in [9.17, 15) is 9.90 Å². The third-order valence-electron chi connectivity index (χ3n) is 4.99. The molecule has 1 saturated carbocycles. The van der Waals surface area contributed by atoms with Crippen molar-refractivity contribution in [3.8, 4) is 0 Å². The van der Waals surface area contributed by atoms with Crippen molar-refractivity contribution < 1.29 is 14.3 Å². The summed E-state index contributed by atoms with van der Waals surface area (Å²) in [4.78, 5) is 14.4. The van der Waals surface area contributed by atoms with Gasteiger partial charge in [0.15, 0.2) is 0 Å². The fraction of sp³-hybridized carbons (Fsp3) is 0.706. The van der Waals surface area contributed by atoms with Crippen molar-refractivity contribution in [1.82, 2.24) is 15.5 Å². The zero-order chi connectivity index (χ0) is 16.3. The number of nitrogens with one attached hydrogen (secondary N) is 2. The highest BCUT2D eigenvalue weighted by atomic mass is 16.3. The van der Waals surface area contributed by atoms with E-state index in [0.29, 0.717) is 13.1 Å². The van der Waals surface area contributed by atoms with Crippen molar-refractivity contribution in [3.05, 3.63) is 23.7 Å². The third kappa shape index (κ3) is 4.06. The van der Waals surface area contributed by atoms with Crippen LogP contribution < -0.4 is 10.6 Å². The lowest BCUT2D eigenvalue weighted by molar-refractivity contribution is -0.0290. The van der Waals surface area contributed by atoms with E-state index in [1.807, 2.05) is 19.1 Å². The van der Waals surface area contributed by atoms with Gasteiger partial charge >= 0.3 is 6.03 Å². The Balaban J connectivity index is 1.52. The first-order valence-corrected chi connectivity index (χ1v) is 8.60. The van der Waals surface area contributed by atoms with Gasteiger partial charge in [-0.15, -0.1) is 0 Å². The van der Waals surface area contributed by atoms with Gasteiger partial charge in [-0.2, -0.15) is 0 Å².